The van der Waals surface area contributed by atoms with Crippen molar-refractivity contribution in [2.75, 3.05) is 5.88 Å². The zero-order valence-corrected chi connectivity index (χ0v) is 5.89. The number of ketones is 2. The number of alkyl halides is 1. The van der Waals surface area contributed by atoms with Crippen LogP contribution in [0, 0.1) is 0 Å². The first kappa shape index (κ1) is 7.22. The van der Waals surface area contributed by atoms with Gasteiger partial charge >= 0.3 is 0 Å². The van der Waals surface area contributed by atoms with Gasteiger partial charge in [0.05, 0.1) is 5.88 Å². The van der Waals surface area contributed by atoms with E-state index in [2.05, 4.69) is 0 Å². The summed E-state index contributed by atoms with van der Waals surface area (Å²) >= 11 is 5.37. The van der Waals surface area contributed by atoms with Gasteiger partial charge < -0.3 is 0 Å². The van der Waals surface area contributed by atoms with Crippen molar-refractivity contribution >= 4 is 23.2 Å². The van der Waals surface area contributed by atoms with Crippen LogP contribution < -0.4 is 0 Å². The monoisotopic (exact) mass is 156 g/mol. The topological polar surface area (TPSA) is 34.1 Å². The molecule has 0 aromatic carbocycles. The summed E-state index contributed by atoms with van der Waals surface area (Å²) in [7, 11) is 0. The lowest BCUT2D eigenvalue weighted by molar-refractivity contribution is -0.131. The first-order chi connectivity index (χ1) is 4.75. The maximum Gasteiger partial charge on any atom is 0.230 e. The Morgan fingerprint density at radius 2 is 2.10 bits per heavy atom. The molecule has 0 bridgehead atoms. The smallest absolute Gasteiger partial charge is 0.230 e. The molecule has 0 spiro atoms. The second kappa shape index (κ2) is 2.80. The van der Waals surface area contributed by atoms with E-state index in [1.165, 1.54) is 12.2 Å². The van der Waals surface area contributed by atoms with E-state index < -0.39 is 11.6 Å². The van der Waals surface area contributed by atoms with Crippen molar-refractivity contribution in [2.45, 2.75) is 0 Å². The van der Waals surface area contributed by atoms with Crippen molar-refractivity contribution in [1.29, 1.82) is 0 Å². The molecule has 1 aliphatic rings. The van der Waals surface area contributed by atoms with Crippen molar-refractivity contribution in [3.05, 3.63) is 23.8 Å². The van der Waals surface area contributed by atoms with Crippen LogP contribution in [0.2, 0.25) is 0 Å². The maximum absolute atomic E-state index is 10.8. The molecule has 0 unspecified atom stereocenters. The summed E-state index contributed by atoms with van der Waals surface area (Å²) in [5.41, 5.74) is 0.370. The summed E-state index contributed by atoms with van der Waals surface area (Å²) < 4.78 is 0. The van der Waals surface area contributed by atoms with E-state index in [0.717, 1.165) is 0 Å². The Hall–Kier alpha value is -0.890. The molecule has 2 nitrogen and oxygen atoms in total. The maximum atomic E-state index is 10.8. The molecule has 10 heavy (non-hydrogen) atoms. The molecule has 0 aromatic rings. The van der Waals surface area contributed by atoms with Gasteiger partial charge in [-0.1, -0.05) is 12.2 Å². The van der Waals surface area contributed by atoms with Crippen LogP contribution in [0.1, 0.15) is 0 Å². The average Bonchev–Trinajstić information content (AvgIpc) is 1.95. The molecular formula is C7H5ClO2. The van der Waals surface area contributed by atoms with Gasteiger partial charge in [-0.05, 0) is 6.08 Å². The Balaban J connectivity index is 2.92. The Labute approximate surface area is 63.2 Å². The summed E-state index contributed by atoms with van der Waals surface area (Å²) in [4.78, 5) is 21.4. The quantitative estimate of drug-likeness (QED) is 0.321. The Morgan fingerprint density at radius 1 is 1.40 bits per heavy atom. The van der Waals surface area contributed by atoms with Gasteiger partial charge in [-0.15, -0.1) is 11.6 Å². The lowest BCUT2D eigenvalue weighted by Crippen LogP contribution is -2.16. The van der Waals surface area contributed by atoms with E-state index in [1.54, 1.807) is 6.08 Å². The SMILES string of the molecule is O=C1C=CC=C(CCl)C1=O. The number of rotatable bonds is 1. The molecule has 0 fully saturated rings. The van der Waals surface area contributed by atoms with Crippen LogP contribution in [0.4, 0.5) is 0 Å². The first-order valence-electron chi connectivity index (χ1n) is 2.77. The van der Waals surface area contributed by atoms with Gasteiger partial charge in [-0.25, -0.2) is 0 Å². The minimum absolute atomic E-state index is 0.106. The fourth-order valence-corrected chi connectivity index (χ4v) is 0.877. The van der Waals surface area contributed by atoms with E-state index in [0.29, 0.717) is 5.57 Å². The highest BCUT2D eigenvalue weighted by Gasteiger charge is 2.17. The molecule has 0 N–H and O–H groups in total. The number of Topliss-reactive ketones (excluding diaryl/α,β-unsaturated/α-hetero) is 1. The van der Waals surface area contributed by atoms with Crippen molar-refractivity contribution < 1.29 is 9.59 Å². The molecule has 0 aliphatic heterocycles. The predicted molar refractivity (Wildman–Crippen MR) is 38.0 cm³/mol. The minimum atomic E-state index is -0.488. The number of carbonyl (C=O) groups excluding carboxylic acids is 2. The highest BCUT2D eigenvalue weighted by molar-refractivity contribution is 6.49. The van der Waals surface area contributed by atoms with Gasteiger partial charge in [0.25, 0.3) is 0 Å². The van der Waals surface area contributed by atoms with Gasteiger partial charge in [0, 0.05) is 5.57 Å². The van der Waals surface area contributed by atoms with Gasteiger partial charge in [-0.2, -0.15) is 0 Å². The molecule has 1 aliphatic carbocycles. The van der Waals surface area contributed by atoms with E-state index >= 15 is 0 Å². The molecule has 3 heteroatoms. The standard InChI is InChI=1S/C7H5ClO2/c8-4-5-2-1-3-6(9)7(5)10/h1-3H,4H2. The summed E-state index contributed by atoms with van der Waals surface area (Å²) in [5.74, 6) is -0.870. The third kappa shape index (κ3) is 1.16. The molecule has 0 aromatic heterocycles. The lowest BCUT2D eigenvalue weighted by Gasteiger charge is -2.00. The number of hydrogen-bond acceptors (Lipinski definition) is 2. The fraction of sp³-hybridized carbons (Fsp3) is 0.143. The summed E-state index contributed by atoms with van der Waals surface area (Å²) in [6, 6.07) is 0. The second-order valence-electron chi connectivity index (χ2n) is 1.88. The average molecular weight is 157 g/mol. The normalized spacial score (nSPS) is 17.5. The second-order valence-corrected chi connectivity index (χ2v) is 2.15. The van der Waals surface area contributed by atoms with Crippen LogP contribution in [0.15, 0.2) is 23.8 Å². The molecule has 0 radical (unpaired) electrons. The number of hydrogen-bond donors (Lipinski definition) is 0. The zero-order valence-electron chi connectivity index (χ0n) is 5.13. The van der Waals surface area contributed by atoms with E-state index in [9.17, 15) is 9.59 Å². The van der Waals surface area contributed by atoms with Crippen LogP contribution in [-0.4, -0.2) is 17.4 Å². The molecule has 0 atom stereocenters. The molecule has 1 rings (SSSR count). The first-order valence-corrected chi connectivity index (χ1v) is 3.31. The fourth-order valence-electron chi connectivity index (χ4n) is 0.667. The number of carbonyl (C=O) groups is 2. The van der Waals surface area contributed by atoms with E-state index in [-0.39, 0.29) is 5.88 Å². The van der Waals surface area contributed by atoms with Gasteiger partial charge in [0.2, 0.25) is 11.6 Å². The predicted octanol–water partition coefficient (Wildman–Crippen LogP) is 0.860. The van der Waals surface area contributed by atoms with Crippen molar-refractivity contribution in [1.82, 2.24) is 0 Å². The molecule has 52 valence electrons. The largest absolute Gasteiger partial charge is 0.286 e. The molecule has 0 saturated carbocycles. The summed E-state index contributed by atoms with van der Waals surface area (Å²) in [6.07, 6.45) is 4.32. The van der Waals surface area contributed by atoms with Crippen LogP contribution in [0.25, 0.3) is 0 Å². The zero-order chi connectivity index (χ0) is 7.56. The van der Waals surface area contributed by atoms with E-state index in [4.69, 9.17) is 11.6 Å². The minimum Gasteiger partial charge on any atom is -0.286 e. The molecule has 0 saturated heterocycles. The molecule has 0 heterocycles. The van der Waals surface area contributed by atoms with Gasteiger partial charge in [0.15, 0.2) is 0 Å². The van der Waals surface area contributed by atoms with E-state index in [1.807, 2.05) is 0 Å². The van der Waals surface area contributed by atoms with Crippen molar-refractivity contribution in [3.63, 3.8) is 0 Å². The molecular weight excluding hydrogens is 152 g/mol. The van der Waals surface area contributed by atoms with Crippen LogP contribution in [-0.2, 0) is 9.59 Å². The van der Waals surface area contributed by atoms with Gasteiger partial charge in [-0.3, -0.25) is 9.59 Å². The Morgan fingerprint density at radius 3 is 2.60 bits per heavy atom. The Kier molecular flexibility index (Phi) is 2.02. The lowest BCUT2D eigenvalue weighted by atomic mass is 10.0. The summed E-state index contributed by atoms with van der Waals surface area (Å²) in [6.45, 7) is 0. The van der Waals surface area contributed by atoms with Crippen molar-refractivity contribution in [3.8, 4) is 0 Å². The number of allylic oxidation sites excluding steroid dienone is 4. The Bertz CT molecular complexity index is 238. The third-order valence-electron chi connectivity index (χ3n) is 1.20. The van der Waals surface area contributed by atoms with Crippen LogP contribution in [0.5, 0.6) is 0 Å². The molecule has 0 amide bonds. The van der Waals surface area contributed by atoms with Crippen LogP contribution >= 0.6 is 11.6 Å². The third-order valence-corrected chi connectivity index (χ3v) is 1.49. The number of halogens is 1. The highest BCUT2D eigenvalue weighted by atomic mass is 35.5. The van der Waals surface area contributed by atoms with Crippen molar-refractivity contribution in [2.24, 2.45) is 0 Å². The highest BCUT2D eigenvalue weighted by Crippen LogP contribution is 2.06. The van der Waals surface area contributed by atoms with Gasteiger partial charge in [0.1, 0.15) is 0 Å². The summed E-state index contributed by atoms with van der Waals surface area (Å²) in [5, 5.41) is 0. The van der Waals surface area contributed by atoms with Crippen LogP contribution in [0.3, 0.4) is 0 Å².